The number of rotatable bonds is 7. The lowest BCUT2D eigenvalue weighted by molar-refractivity contribution is -0.0498. The summed E-state index contributed by atoms with van der Waals surface area (Å²) in [7, 11) is 0. The van der Waals surface area contributed by atoms with Crippen molar-refractivity contribution in [2.24, 2.45) is 0 Å². The number of amides is 1. The van der Waals surface area contributed by atoms with Crippen LogP contribution in [0.2, 0.25) is 0 Å². The standard InChI is InChI=1S/C19H22F2N2O4/c1-13-5-6-17(26-13)16(23-7-9-25-10-8-23)12-22-18(24)14-3-2-4-15(11-14)27-19(20)21/h2-6,11,16,19H,7-10,12H2,1H3,(H,22,24). The number of nitrogens with one attached hydrogen (secondary N) is 1. The monoisotopic (exact) mass is 380 g/mol. The molecule has 1 aliphatic heterocycles. The van der Waals surface area contributed by atoms with Crippen molar-refractivity contribution in [2.75, 3.05) is 32.8 Å². The largest absolute Gasteiger partial charge is 0.465 e. The Balaban J connectivity index is 1.68. The predicted octanol–water partition coefficient (Wildman–Crippen LogP) is 2.99. The molecule has 0 bridgehead atoms. The van der Waals surface area contributed by atoms with Gasteiger partial charge >= 0.3 is 6.61 Å². The van der Waals surface area contributed by atoms with Crippen molar-refractivity contribution in [1.82, 2.24) is 10.2 Å². The third-order valence-corrected chi connectivity index (χ3v) is 4.35. The second kappa shape index (κ2) is 8.96. The lowest BCUT2D eigenvalue weighted by Gasteiger charge is -2.33. The van der Waals surface area contributed by atoms with Gasteiger partial charge in [-0.1, -0.05) is 6.07 Å². The molecule has 1 amide bonds. The number of carbonyl (C=O) groups is 1. The van der Waals surface area contributed by atoms with E-state index in [1.165, 1.54) is 18.2 Å². The minimum atomic E-state index is -2.93. The Morgan fingerprint density at radius 2 is 2.04 bits per heavy atom. The van der Waals surface area contributed by atoms with Gasteiger partial charge in [-0.2, -0.15) is 8.78 Å². The maximum atomic E-state index is 12.5. The van der Waals surface area contributed by atoms with Crippen molar-refractivity contribution in [3.05, 3.63) is 53.5 Å². The summed E-state index contributed by atoms with van der Waals surface area (Å²) in [5, 5.41) is 2.86. The van der Waals surface area contributed by atoms with Gasteiger partial charge in [0.15, 0.2) is 0 Å². The van der Waals surface area contributed by atoms with Crippen LogP contribution in [0.1, 0.15) is 27.9 Å². The van der Waals surface area contributed by atoms with Gasteiger partial charge in [0, 0.05) is 25.2 Å². The van der Waals surface area contributed by atoms with Crippen LogP contribution in [0.15, 0.2) is 40.8 Å². The average Bonchev–Trinajstić information content (AvgIpc) is 3.08. The highest BCUT2D eigenvalue weighted by Crippen LogP contribution is 2.23. The Labute approximate surface area is 156 Å². The van der Waals surface area contributed by atoms with Gasteiger partial charge in [0.1, 0.15) is 17.3 Å². The first kappa shape index (κ1) is 19.3. The molecule has 1 saturated heterocycles. The van der Waals surface area contributed by atoms with Gasteiger partial charge in [-0.05, 0) is 37.3 Å². The number of halogens is 2. The van der Waals surface area contributed by atoms with Crippen LogP contribution < -0.4 is 10.1 Å². The van der Waals surface area contributed by atoms with Gasteiger partial charge in [-0.15, -0.1) is 0 Å². The van der Waals surface area contributed by atoms with Crippen LogP contribution in [-0.2, 0) is 4.74 Å². The van der Waals surface area contributed by atoms with E-state index in [4.69, 9.17) is 9.15 Å². The molecule has 2 heterocycles. The van der Waals surface area contributed by atoms with Crippen molar-refractivity contribution in [1.29, 1.82) is 0 Å². The number of nitrogens with zero attached hydrogens (tertiary/aromatic N) is 1. The molecule has 0 aliphatic carbocycles. The zero-order valence-electron chi connectivity index (χ0n) is 15.0. The Morgan fingerprint density at radius 3 is 2.70 bits per heavy atom. The molecule has 146 valence electrons. The lowest BCUT2D eigenvalue weighted by atomic mass is 10.1. The molecular formula is C19H22F2N2O4. The van der Waals surface area contributed by atoms with E-state index in [0.717, 1.165) is 24.6 Å². The molecule has 8 heteroatoms. The summed E-state index contributed by atoms with van der Waals surface area (Å²) < 4.78 is 40.2. The van der Waals surface area contributed by atoms with Gasteiger partial charge in [0.05, 0.1) is 19.3 Å². The summed E-state index contributed by atoms with van der Waals surface area (Å²) in [6.07, 6.45) is 0. The van der Waals surface area contributed by atoms with E-state index >= 15 is 0 Å². The molecule has 0 radical (unpaired) electrons. The first-order valence-corrected chi connectivity index (χ1v) is 8.74. The van der Waals surface area contributed by atoms with E-state index in [2.05, 4.69) is 15.0 Å². The maximum Gasteiger partial charge on any atom is 0.387 e. The van der Waals surface area contributed by atoms with Crippen LogP contribution >= 0.6 is 0 Å². The fourth-order valence-corrected chi connectivity index (χ4v) is 3.04. The molecule has 3 rings (SSSR count). The topological polar surface area (TPSA) is 63.9 Å². The number of furan rings is 1. The summed E-state index contributed by atoms with van der Waals surface area (Å²) in [6, 6.07) is 9.38. The molecule has 27 heavy (non-hydrogen) atoms. The average molecular weight is 380 g/mol. The summed E-state index contributed by atoms with van der Waals surface area (Å²) in [5.41, 5.74) is 0.254. The minimum absolute atomic E-state index is 0.0518. The molecule has 0 spiro atoms. The van der Waals surface area contributed by atoms with E-state index in [0.29, 0.717) is 19.8 Å². The molecule has 6 nitrogen and oxygen atoms in total. The number of hydrogen-bond acceptors (Lipinski definition) is 5. The second-order valence-electron chi connectivity index (χ2n) is 6.23. The first-order valence-electron chi connectivity index (χ1n) is 8.74. The third-order valence-electron chi connectivity index (χ3n) is 4.35. The smallest absolute Gasteiger partial charge is 0.387 e. The highest BCUT2D eigenvalue weighted by atomic mass is 19.3. The van der Waals surface area contributed by atoms with Gasteiger partial charge in [-0.25, -0.2) is 0 Å². The quantitative estimate of drug-likeness (QED) is 0.800. The number of ether oxygens (including phenoxy) is 2. The minimum Gasteiger partial charge on any atom is -0.465 e. The molecular weight excluding hydrogens is 358 g/mol. The Kier molecular flexibility index (Phi) is 6.41. The van der Waals surface area contributed by atoms with Crippen LogP contribution in [0.25, 0.3) is 0 Å². The van der Waals surface area contributed by atoms with Crippen molar-refractivity contribution in [2.45, 2.75) is 19.6 Å². The van der Waals surface area contributed by atoms with Crippen molar-refractivity contribution in [3.8, 4) is 5.75 Å². The normalized spacial score (nSPS) is 16.3. The number of morpholine rings is 1. The predicted molar refractivity (Wildman–Crippen MR) is 94.0 cm³/mol. The zero-order valence-corrected chi connectivity index (χ0v) is 15.0. The molecule has 1 unspecified atom stereocenters. The molecule has 1 aliphatic rings. The van der Waals surface area contributed by atoms with Gasteiger partial charge in [0.25, 0.3) is 5.91 Å². The van der Waals surface area contributed by atoms with Gasteiger partial charge < -0.3 is 19.2 Å². The number of aryl methyl sites for hydroxylation is 1. The number of hydrogen-bond donors (Lipinski definition) is 1. The summed E-state index contributed by atoms with van der Waals surface area (Å²) in [4.78, 5) is 14.7. The number of carbonyl (C=O) groups excluding carboxylic acids is 1. The van der Waals surface area contributed by atoms with E-state index in [1.807, 2.05) is 19.1 Å². The highest BCUT2D eigenvalue weighted by molar-refractivity contribution is 5.94. The van der Waals surface area contributed by atoms with Crippen molar-refractivity contribution < 1.29 is 27.5 Å². The molecule has 2 aromatic rings. The van der Waals surface area contributed by atoms with Crippen LogP contribution in [0.5, 0.6) is 5.75 Å². The van der Waals surface area contributed by atoms with Crippen molar-refractivity contribution in [3.63, 3.8) is 0 Å². The Bertz CT molecular complexity index is 760. The van der Waals surface area contributed by atoms with Crippen LogP contribution in [-0.4, -0.2) is 50.3 Å². The summed E-state index contributed by atoms with van der Waals surface area (Å²) in [5.74, 6) is 1.15. The molecule has 1 aromatic heterocycles. The molecule has 1 aromatic carbocycles. The molecule has 1 atom stereocenters. The number of benzene rings is 1. The molecule has 0 saturated carbocycles. The van der Waals surface area contributed by atoms with Crippen molar-refractivity contribution >= 4 is 5.91 Å². The fourth-order valence-electron chi connectivity index (χ4n) is 3.04. The highest BCUT2D eigenvalue weighted by Gasteiger charge is 2.26. The second-order valence-corrected chi connectivity index (χ2v) is 6.23. The summed E-state index contributed by atoms with van der Waals surface area (Å²) in [6.45, 7) is 1.97. The SMILES string of the molecule is Cc1ccc(C(CNC(=O)c2cccc(OC(F)F)c2)N2CCOCC2)o1. The van der Waals surface area contributed by atoms with Crippen LogP contribution in [0.3, 0.4) is 0 Å². The van der Waals surface area contributed by atoms with E-state index < -0.39 is 6.61 Å². The van der Waals surface area contributed by atoms with Crippen LogP contribution in [0.4, 0.5) is 8.78 Å². The van der Waals surface area contributed by atoms with E-state index in [9.17, 15) is 13.6 Å². The van der Waals surface area contributed by atoms with Gasteiger partial charge in [0.2, 0.25) is 0 Å². The Morgan fingerprint density at radius 1 is 1.26 bits per heavy atom. The van der Waals surface area contributed by atoms with Gasteiger partial charge in [-0.3, -0.25) is 9.69 Å². The zero-order chi connectivity index (χ0) is 19.2. The first-order chi connectivity index (χ1) is 13.0. The van der Waals surface area contributed by atoms with E-state index in [1.54, 1.807) is 6.07 Å². The maximum absolute atomic E-state index is 12.5. The lowest BCUT2D eigenvalue weighted by Crippen LogP contribution is -2.43. The summed E-state index contributed by atoms with van der Waals surface area (Å²) >= 11 is 0. The van der Waals surface area contributed by atoms with Crippen LogP contribution in [0, 0.1) is 6.92 Å². The Hall–Kier alpha value is -2.45. The van der Waals surface area contributed by atoms with E-state index in [-0.39, 0.29) is 23.3 Å². The molecule has 1 fully saturated rings. The third kappa shape index (κ3) is 5.27. The fraction of sp³-hybridized carbons (Fsp3) is 0.421. The molecule has 1 N–H and O–H groups in total. The number of alkyl halides is 2.